The molecule has 2 aromatic rings. The van der Waals surface area contributed by atoms with Crippen LogP contribution in [0.25, 0.3) is 10.8 Å². The number of hydrogen-bond acceptors (Lipinski definition) is 3. The van der Waals surface area contributed by atoms with Crippen molar-refractivity contribution in [1.82, 2.24) is 0 Å². The summed E-state index contributed by atoms with van der Waals surface area (Å²) in [6.07, 6.45) is 0.250. The minimum atomic E-state index is 0.250. The molecule has 0 amide bonds. The van der Waals surface area contributed by atoms with Crippen molar-refractivity contribution in [3.05, 3.63) is 42.0 Å². The molecule has 0 heterocycles. The molecule has 0 aliphatic heterocycles. The van der Waals surface area contributed by atoms with Crippen LogP contribution in [0.5, 0.6) is 0 Å². The van der Waals surface area contributed by atoms with Gasteiger partial charge in [-0.2, -0.15) is 5.26 Å². The van der Waals surface area contributed by atoms with Gasteiger partial charge in [0.25, 0.3) is 0 Å². The number of nitrogens with one attached hydrogen (secondary N) is 1. The Morgan fingerprint density at radius 2 is 1.89 bits per heavy atom. The number of fused-ring (bicyclic) bond motifs is 1. The first-order valence-corrected chi connectivity index (χ1v) is 6.49. The Balaban J connectivity index is 2.18. The molecule has 0 aromatic heterocycles. The fraction of sp³-hybridized carbons (Fsp3) is 0.312. The van der Waals surface area contributed by atoms with Crippen LogP contribution in [0.15, 0.2) is 36.4 Å². The molecule has 0 atom stereocenters. The van der Waals surface area contributed by atoms with Gasteiger partial charge in [-0.3, -0.25) is 0 Å². The molecular formula is C16H18N2O. The van der Waals surface area contributed by atoms with Crippen molar-refractivity contribution in [3.63, 3.8) is 0 Å². The normalized spacial score (nSPS) is 10.6. The van der Waals surface area contributed by atoms with Gasteiger partial charge < -0.3 is 10.1 Å². The van der Waals surface area contributed by atoms with Crippen molar-refractivity contribution < 1.29 is 4.74 Å². The highest BCUT2D eigenvalue weighted by molar-refractivity contribution is 5.97. The average molecular weight is 254 g/mol. The third-order valence-electron chi connectivity index (χ3n) is 2.91. The van der Waals surface area contributed by atoms with Crippen LogP contribution >= 0.6 is 0 Å². The van der Waals surface area contributed by atoms with Gasteiger partial charge >= 0.3 is 0 Å². The van der Waals surface area contributed by atoms with E-state index in [9.17, 15) is 0 Å². The Morgan fingerprint density at radius 1 is 1.16 bits per heavy atom. The van der Waals surface area contributed by atoms with Crippen LogP contribution in [0.4, 0.5) is 5.69 Å². The van der Waals surface area contributed by atoms with E-state index in [2.05, 4.69) is 11.4 Å². The molecule has 3 heteroatoms. The fourth-order valence-corrected chi connectivity index (χ4v) is 2.03. The van der Waals surface area contributed by atoms with Gasteiger partial charge in [0.2, 0.25) is 0 Å². The molecule has 0 fully saturated rings. The highest BCUT2D eigenvalue weighted by Crippen LogP contribution is 2.26. The van der Waals surface area contributed by atoms with Crippen molar-refractivity contribution in [2.75, 3.05) is 18.5 Å². The predicted molar refractivity (Wildman–Crippen MR) is 78.2 cm³/mol. The van der Waals surface area contributed by atoms with Crippen LogP contribution in [0.2, 0.25) is 0 Å². The van der Waals surface area contributed by atoms with E-state index in [0.717, 1.165) is 23.0 Å². The topological polar surface area (TPSA) is 45.0 Å². The molecule has 0 aliphatic carbocycles. The summed E-state index contributed by atoms with van der Waals surface area (Å²) in [5.41, 5.74) is 1.75. The lowest BCUT2D eigenvalue weighted by molar-refractivity contribution is 0.0871. The number of nitriles is 1. The number of rotatable bonds is 5. The second-order valence-corrected chi connectivity index (χ2v) is 4.66. The summed E-state index contributed by atoms with van der Waals surface area (Å²) in [6.45, 7) is 5.48. The predicted octanol–water partition coefficient (Wildman–Crippen LogP) is 3.55. The second kappa shape index (κ2) is 6.21. The smallest absolute Gasteiger partial charge is 0.0998 e. The Kier molecular flexibility index (Phi) is 4.38. The molecule has 0 aliphatic rings. The van der Waals surface area contributed by atoms with E-state index in [4.69, 9.17) is 10.00 Å². The van der Waals surface area contributed by atoms with Gasteiger partial charge in [0, 0.05) is 23.0 Å². The molecule has 0 spiro atoms. The number of nitrogens with zero attached hydrogens (tertiary/aromatic N) is 1. The van der Waals surface area contributed by atoms with Crippen LogP contribution in [0, 0.1) is 11.3 Å². The molecule has 2 rings (SSSR count). The summed E-state index contributed by atoms with van der Waals surface area (Å²) >= 11 is 0. The summed E-state index contributed by atoms with van der Waals surface area (Å²) in [5, 5.41) is 14.5. The molecule has 0 saturated carbocycles. The molecule has 0 radical (unpaired) electrons. The van der Waals surface area contributed by atoms with Crippen LogP contribution in [-0.2, 0) is 4.74 Å². The zero-order valence-corrected chi connectivity index (χ0v) is 11.3. The summed E-state index contributed by atoms with van der Waals surface area (Å²) in [4.78, 5) is 0. The highest BCUT2D eigenvalue weighted by atomic mass is 16.5. The van der Waals surface area contributed by atoms with Crippen molar-refractivity contribution in [3.8, 4) is 6.07 Å². The van der Waals surface area contributed by atoms with E-state index in [0.29, 0.717) is 12.2 Å². The first-order chi connectivity index (χ1) is 9.22. The zero-order chi connectivity index (χ0) is 13.7. The Morgan fingerprint density at radius 3 is 2.58 bits per heavy atom. The summed E-state index contributed by atoms with van der Waals surface area (Å²) < 4.78 is 5.51. The molecule has 19 heavy (non-hydrogen) atoms. The van der Waals surface area contributed by atoms with E-state index in [-0.39, 0.29) is 6.10 Å². The minimum absolute atomic E-state index is 0.250. The Hall–Kier alpha value is -2.05. The lowest BCUT2D eigenvalue weighted by Gasteiger charge is -2.12. The SMILES string of the molecule is CC(C)OCCNc1ccc(C#N)c2ccccc12. The summed E-state index contributed by atoms with van der Waals surface area (Å²) in [6, 6.07) is 14.0. The monoisotopic (exact) mass is 254 g/mol. The lowest BCUT2D eigenvalue weighted by Crippen LogP contribution is -2.13. The van der Waals surface area contributed by atoms with Gasteiger partial charge in [-0.1, -0.05) is 24.3 Å². The second-order valence-electron chi connectivity index (χ2n) is 4.66. The zero-order valence-electron chi connectivity index (χ0n) is 11.3. The molecular weight excluding hydrogens is 236 g/mol. The van der Waals surface area contributed by atoms with E-state index in [1.807, 2.05) is 50.2 Å². The first-order valence-electron chi connectivity index (χ1n) is 6.49. The maximum absolute atomic E-state index is 9.11. The third kappa shape index (κ3) is 3.24. The number of benzene rings is 2. The standard InChI is InChI=1S/C16H18N2O/c1-12(2)19-10-9-18-16-8-7-13(11-17)14-5-3-4-6-15(14)16/h3-8,12,18H,9-10H2,1-2H3. The Labute approximate surface area is 113 Å². The summed E-state index contributed by atoms with van der Waals surface area (Å²) in [7, 11) is 0. The maximum Gasteiger partial charge on any atom is 0.0998 e. The van der Waals surface area contributed by atoms with Crippen LogP contribution < -0.4 is 5.32 Å². The molecule has 98 valence electrons. The van der Waals surface area contributed by atoms with Gasteiger partial charge in [0.1, 0.15) is 0 Å². The lowest BCUT2D eigenvalue weighted by atomic mass is 10.0. The molecule has 0 bridgehead atoms. The number of anilines is 1. The van der Waals surface area contributed by atoms with Crippen molar-refractivity contribution in [2.24, 2.45) is 0 Å². The van der Waals surface area contributed by atoms with E-state index in [1.165, 1.54) is 0 Å². The van der Waals surface area contributed by atoms with Crippen LogP contribution in [-0.4, -0.2) is 19.3 Å². The molecule has 3 nitrogen and oxygen atoms in total. The van der Waals surface area contributed by atoms with E-state index < -0.39 is 0 Å². The molecule has 1 N–H and O–H groups in total. The number of ether oxygens (including phenoxy) is 1. The number of hydrogen-bond donors (Lipinski definition) is 1. The van der Waals surface area contributed by atoms with Crippen molar-refractivity contribution in [2.45, 2.75) is 20.0 Å². The van der Waals surface area contributed by atoms with Crippen LogP contribution in [0.1, 0.15) is 19.4 Å². The minimum Gasteiger partial charge on any atom is -0.382 e. The van der Waals surface area contributed by atoms with Gasteiger partial charge in [-0.15, -0.1) is 0 Å². The van der Waals surface area contributed by atoms with E-state index in [1.54, 1.807) is 0 Å². The quantitative estimate of drug-likeness (QED) is 0.830. The summed E-state index contributed by atoms with van der Waals surface area (Å²) in [5.74, 6) is 0. The highest BCUT2D eigenvalue weighted by Gasteiger charge is 2.04. The van der Waals surface area contributed by atoms with Gasteiger partial charge in [0.15, 0.2) is 0 Å². The van der Waals surface area contributed by atoms with Gasteiger partial charge in [0.05, 0.1) is 24.3 Å². The fourth-order valence-electron chi connectivity index (χ4n) is 2.03. The first kappa shape index (κ1) is 13.4. The largest absolute Gasteiger partial charge is 0.382 e. The van der Waals surface area contributed by atoms with Crippen molar-refractivity contribution in [1.29, 1.82) is 5.26 Å². The van der Waals surface area contributed by atoms with Crippen molar-refractivity contribution >= 4 is 16.5 Å². The molecule has 0 unspecified atom stereocenters. The average Bonchev–Trinajstić information content (AvgIpc) is 2.43. The molecule has 0 saturated heterocycles. The Bertz CT molecular complexity index is 599. The molecule has 2 aromatic carbocycles. The van der Waals surface area contributed by atoms with E-state index >= 15 is 0 Å². The maximum atomic E-state index is 9.11. The third-order valence-corrected chi connectivity index (χ3v) is 2.91. The van der Waals surface area contributed by atoms with Gasteiger partial charge in [-0.05, 0) is 26.0 Å². The van der Waals surface area contributed by atoms with Crippen LogP contribution in [0.3, 0.4) is 0 Å². The van der Waals surface area contributed by atoms with Gasteiger partial charge in [-0.25, -0.2) is 0 Å².